The maximum absolute atomic E-state index is 12.4. The van der Waals surface area contributed by atoms with Gasteiger partial charge in [0.2, 0.25) is 5.91 Å². The van der Waals surface area contributed by atoms with Gasteiger partial charge in [0.1, 0.15) is 11.8 Å². The molecule has 0 aliphatic carbocycles. The standard InChI is InChI=1S/C20H23N3O5/c1-13(24)22-17(10-14-4-7-16(25)8-5-14)20(26)23-21-12-15-6-9-18(27-2)19(11-15)28-3/h4-9,11-12,17,25H,10H2,1-3H3,(H,22,24)(H,23,26)/b21-12-/t17-/m0/s1. The number of hydrogen-bond acceptors (Lipinski definition) is 6. The van der Waals surface area contributed by atoms with Crippen LogP contribution in [0.4, 0.5) is 0 Å². The monoisotopic (exact) mass is 385 g/mol. The van der Waals surface area contributed by atoms with Crippen LogP contribution in [-0.4, -0.2) is 43.4 Å². The van der Waals surface area contributed by atoms with Gasteiger partial charge in [0, 0.05) is 13.3 Å². The molecule has 148 valence electrons. The molecule has 28 heavy (non-hydrogen) atoms. The Kier molecular flexibility index (Phi) is 7.38. The van der Waals surface area contributed by atoms with E-state index in [0.29, 0.717) is 17.1 Å². The van der Waals surface area contributed by atoms with Gasteiger partial charge in [-0.15, -0.1) is 0 Å². The van der Waals surface area contributed by atoms with Crippen molar-refractivity contribution in [2.24, 2.45) is 5.10 Å². The Bertz CT molecular complexity index is 849. The van der Waals surface area contributed by atoms with E-state index < -0.39 is 11.9 Å². The molecule has 0 saturated carbocycles. The van der Waals surface area contributed by atoms with Crippen LogP contribution in [-0.2, 0) is 16.0 Å². The molecule has 0 bridgehead atoms. The van der Waals surface area contributed by atoms with E-state index in [1.807, 2.05) is 0 Å². The van der Waals surface area contributed by atoms with E-state index in [2.05, 4.69) is 15.8 Å². The first kappa shape index (κ1) is 20.8. The summed E-state index contributed by atoms with van der Waals surface area (Å²) in [5.41, 5.74) is 3.92. The molecule has 2 aromatic carbocycles. The Morgan fingerprint density at radius 3 is 2.39 bits per heavy atom. The molecule has 0 saturated heterocycles. The summed E-state index contributed by atoms with van der Waals surface area (Å²) >= 11 is 0. The van der Waals surface area contributed by atoms with Crippen molar-refractivity contribution in [1.29, 1.82) is 0 Å². The van der Waals surface area contributed by atoms with Gasteiger partial charge in [-0.1, -0.05) is 12.1 Å². The van der Waals surface area contributed by atoms with Gasteiger partial charge in [-0.2, -0.15) is 5.10 Å². The Morgan fingerprint density at radius 1 is 1.11 bits per heavy atom. The molecular formula is C20H23N3O5. The number of phenolic OH excluding ortho intramolecular Hbond substituents is 1. The number of rotatable bonds is 8. The molecule has 8 heteroatoms. The van der Waals surface area contributed by atoms with Crippen molar-refractivity contribution in [3.05, 3.63) is 53.6 Å². The second kappa shape index (κ2) is 9.96. The van der Waals surface area contributed by atoms with Crippen LogP contribution >= 0.6 is 0 Å². The number of carbonyl (C=O) groups is 2. The summed E-state index contributed by atoms with van der Waals surface area (Å²) in [4.78, 5) is 23.9. The van der Waals surface area contributed by atoms with Crippen LogP contribution in [0, 0.1) is 0 Å². The summed E-state index contributed by atoms with van der Waals surface area (Å²) in [6.07, 6.45) is 1.73. The molecule has 2 aromatic rings. The number of nitrogens with one attached hydrogen (secondary N) is 2. The van der Waals surface area contributed by atoms with Crippen molar-refractivity contribution in [2.75, 3.05) is 14.2 Å². The quantitative estimate of drug-likeness (QED) is 0.472. The number of ether oxygens (including phenoxy) is 2. The fourth-order valence-electron chi connectivity index (χ4n) is 2.50. The van der Waals surface area contributed by atoms with E-state index in [1.165, 1.54) is 32.4 Å². The second-order valence-corrected chi connectivity index (χ2v) is 5.97. The lowest BCUT2D eigenvalue weighted by molar-refractivity contribution is -0.128. The fraction of sp³-hybridized carbons (Fsp3) is 0.250. The average Bonchev–Trinajstić information content (AvgIpc) is 2.68. The minimum atomic E-state index is -0.801. The summed E-state index contributed by atoms with van der Waals surface area (Å²) in [6.45, 7) is 1.34. The van der Waals surface area contributed by atoms with Crippen LogP contribution in [0.25, 0.3) is 0 Å². The Morgan fingerprint density at radius 2 is 1.79 bits per heavy atom. The zero-order valence-electron chi connectivity index (χ0n) is 15.9. The highest BCUT2D eigenvalue weighted by atomic mass is 16.5. The molecule has 3 N–H and O–H groups in total. The number of benzene rings is 2. The van der Waals surface area contributed by atoms with E-state index in [4.69, 9.17) is 9.47 Å². The zero-order valence-corrected chi connectivity index (χ0v) is 15.9. The molecule has 0 unspecified atom stereocenters. The zero-order chi connectivity index (χ0) is 20.5. The van der Waals surface area contributed by atoms with Crippen molar-refractivity contribution in [3.8, 4) is 17.2 Å². The fourth-order valence-corrected chi connectivity index (χ4v) is 2.50. The third-order valence-electron chi connectivity index (χ3n) is 3.87. The van der Waals surface area contributed by atoms with E-state index in [-0.39, 0.29) is 18.1 Å². The molecular weight excluding hydrogens is 362 g/mol. The Balaban J connectivity index is 2.05. The van der Waals surface area contributed by atoms with E-state index in [1.54, 1.807) is 37.4 Å². The molecule has 0 fully saturated rings. The lowest BCUT2D eigenvalue weighted by atomic mass is 10.1. The van der Waals surface area contributed by atoms with Gasteiger partial charge >= 0.3 is 0 Å². The maximum Gasteiger partial charge on any atom is 0.262 e. The summed E-state index contributed by atoms with van der Waals surface area (Å²) in [7, 11) is 3.07. The first-order chi connectivity index (χ1) is 13.4. The molecule has 0 aromatic heterocycles. The van der Waals surface area contributed by atoms with Crippen LogP contribution < -0.4 is 20.2 Å². The van der Waals surface area contributed by atoms with Crippen molar-refractivity contribution in [2.45, 2.75) is 19.4 Å². The molecule has 1 atom stereocenters. The first-order valence-electron chi connectivity index (χ1n) is 8.53. The van der Waals surface area contributed by atoms with Crippen molar-refractivity contribution in [1.82, 2.24) is 10.7 Å². The van der Waals surface area contributed by atoms with Gasteiger partial charge in [0.15, 0.2) is 11.5 Å². The predicted octanol–water partition coefficient (Wildman–Crippen LogP) is 1.61. The minimum absolute atomic E-state index is 0.129. The number of aromatic hydroxyl groups is 1. The summed E-state index contributed by atoms with van der Waals surface area (Å²) in [5.74, 6) is 0.469. The highest BCUT2D eigenvalue weighted by molar-refractivity contribution is 5.88. The molecule has 0 spiro atoms. The van der Waals surface area contributed by atoms with Gasteiger partial charge in [-0.3, -0.25) is 9.59 Å². The predicted molar refractivity (Wildman–Crippen MR) is 105 cm³/mol. The largest absolute Gasteiger partial charge is 0.508 e. The van der Waals surface area contributed by atoms with Crippen LogP contribution in [0.15, 0.2) is 47.6 Å². The van der Waals surface area contributed by atoms with Gasteiger partial charge in [0.05, 0.1) is 20.4 Å². The number of amides is 2. The van der Waals surface area contributed by atoms with Gasteiger partial charge in [-0.05, 0) is 41.5 Å². The molecule has 0 heterocycles. The minimum Gasteiger partial charge on any atom is -0.508 e. The molecule has 8 nitrogen and oxygen atoms in total. The summed E-state index contributed by atoms with van der Waals surface area (Å²) in [5, 5.41) is 15.9. The Labute approximate surface area is 163 Å². The topological polar surface area (TPSA) is 109 Å². The number of nitrogens with zero attached hydrogens (tertiary/aromatic N) is 1. The first-order valence-corrected chi connectivity index (χ1v) is 8.53. The van der Waals surface area contributed by atoms with Crippen molar-refractivity contribution in [3.63, 3.8) is 0 Å². The van der Waals surface area contributed by atoms with Crippen LogP contribution in [0.2, 0.25) is 0 Å². The summed E-state index contributed by atoms with van der Waals surface area (Å²) < 4.78 is 10.4. The highest BCUT2D eigenvalue weighted by Crippen LogP contribution is 2.26. The average molecular weight is 385 g/mol. The van der Waals surface area contributed by atoms with Crippen LogP contribution in [0.1, 0.15) is 18.1 Å². The lowest BCUT2D eigenvalue weighted by Crippen LogP contribution is -2.46. The van der Waals surface area contributed by atoms with Crippen LogP contribution in [0.3, 0.4) is 0 Å². The maximum atomic E-state index is 12.4. The van der Waals surface area contributed by atoms with Gasteiger partial charge in [0.25, 0.3) is 5.91 Å². The van der Waals surface area contributed by atoms with Crippen LogP contribution in [0.5, 0.6) is 17.2 Å². The number of hydrazone groups is 1. The molecule has 2 rings (SSSR count). The SMILES string of the molecule is COc1ccc(/C=N\NC(=O)[C@H](Cc2ccc(O)cc2)NC(C)=O)cc1OC. The molecule has 0 aliphatic rings. The van der Waals surface area contributed by atoms with Crippen molar-refractivity contribution >= 4 is 18.0 Å². The third-order valence-corrected chi connectivity index (χ3v) is 3.87. The van der Waals surface area contributed by atoms with E-state index >= 15 is 0 Å². The number of carbonyl (C=O) groups excluding carboxylic acids is 2. The number of phenols is 1. The van der Waals surface area contributed by atoms with E-state index in [0.717, 1.165) is 5.56 Å². The molecule has 0 radical (unpaired) electrons. The van der Waals surface area contributed by atoms with Gasteiger partial charge < -0.3 is 19.9 Å². The second-order valence-electron chi connectivity index (χ2n) is 5.97. The lowest BCUT2D eigenvalue weighted by Gasteiger charge is -2.16. The number of methoxy groups -OCH3 is 2. The summed E-state index contributed by atoms with van der Waals surface area (Å²) in [6, 6.07) is 10.8. The smallest absolute Gasteiger partial charge is 0.262 e. The molecule has 0 aliphatic heterocycles. The third kappa shape index (κ3) is 6.01. The Hall–Kier alpha value is -3.55. The number of hydrogen-bond donors (Lipinski definition) is 3. The van der Waals surface area contributed by atoms with Gasteiger partial charge in [-0.25, -0.2) is 5.43 Å². The van der Waals surface area contributed by atoms with Crippen molar-refractivity contribution < 1.29 is 24.2 Å². The normalized spacial score (nSPS) is 11.7. The molecule has 2 amide bonds. The van der Waals surface area contributed by atoms with E-state index in [9.17, 15) is 14.7 Å². The highest BCUT2D eigenvalue weighted by Gasteiger charge is 2.19.